The fourth-order valence-electron chi connectivity index (χ4n) is 4.30. The van der Waals surface area contributed by atoms with Gasteiger partial charge >= 0.3 is 0 Å². The van der Waals surface area contributed by atoms with Crippen LogP contribution in [0.25, 0.3) is 6.08 Å². The second-order valence-corrected chi connectivity index (χ2v) is 7.85. The van der Waals surface area contributed by atoms with E-state index in [9.17, 15) is 4.79 Å². The Morgan fingerprint density at radius 1 is 1.00 bits per heavy atom. The van der Waals surface area contributed by atoms with E-state index in [4.69, 9.17) is 9.47 Å². The molecule has 2 aromatic carbocycles. The van der Waals surface area contributed by atoms with Gasteiger partial charge in [-0.15, -0.1) is 6.58 Å². The van der Waals surface area contributed by atoms with Gasteiger partial charge < -0.3 is 9.47 Å². The van der Waals surface area contributed by atoms with Crippen molar-refractivity contribution in [2.24, 2.45) is 5.92 Å². The molecule has 0 unspecified atom stereocenters. The van der Waals surface area contributed by atoms with Gasteiger partial charge in [0.15, 0.2) is 17.3 Å². The van der Waals surface area contributed by atoms with Crippen LogP contribution in [0.4, 0.5) is 0 Å². The number of hydrogen-bond acceptors (Lipinski definition) is 3. The molecule has 3 nitrogen and oxygen atoms in total. The van der Waals surface area contributed by atoms with Crippen molar-refractivity contribution in [3.8, 4) is 11.5 Å². The third kappa shape index (κ3) is 5.02. The molecule has 0 aliphatic heterocycles. The quantitative estimate of drug-likeness (QED) is 0.234. The van der Waals surface area contributed by atoms with Crippen molar-refractivity contribution in [3.05, 3.63) is 77.9 Å². The maximum Gasteiger partial charge on any atom is 0.170 e. The van der Waals surface area contributed by atoms with Gasteiger partial charge in [0.2, 0.25) is 0 Å². The van der Waals surface area contributed by atoms with E-state index >= 15 is 0 Å². The Morgan fingerprint density at radius 2 is 1.70 bits per heavy atom. The van der Waals surface area contributed by atoms with Crippen LogP contribution in [0, 0.1) is 5.92 Å². The Labute approximate surface area is 180 Å². The van der Waals surface area contributed by atoms with E-state index in [2.05, 4.69) is 18.7 Å². The van der Waals surface area contributed by atoms with Gasteiger partial charge in [-0.05, 0) is 48.4 Å². The van der Waals surface area contributed by atoms with Gasteiger partial charge in [-0.2, -0.15) is 0 Å². The summed E-state index contributed by atoms with van der Waals surface area (Å²) in [5.74, 6) is 1.50. The van der Waals surface area contributed by atoms with Crippen molar-refractivity contribution in [1.29, 1.82) is 0 Å². The molecule has 1 aliphatic carbocycles. The zero-order valence-corrected chi connectivity index (χ0v) is 18.1. The zero-order valence-electron chi connectivity index (χ0n) is 18.1. The molecule has 0 fully saturated rings. The molecule has 0 N–H and O–H groups in total. The van der Waals surface area contributed by atoms with Crippen LogP contribution in [0.3, 0.4) is 0 Å². The molecule has 3 rings (SSSR count). The normalized spacial score (nSPS) is 17.3. The molecule has 0 aromatic heterocycles. The standard InChI is InChI=1S/C27H32O3/c1-4-5-6-7-8-10-13-20-16-17-22-18-24(29-2)25(30-3)19-23(22)26(20)27(28)21-14-11-9-12-15-21/h4,9,11-12,14-20,26H,1,5-8,10,13H2,2-3H3/t20-,26+/m1/s1. The topological polar surface area (TPSA) is 35.5 Å². The molecule has 0 heterocycles. The first kappa shape index (κ1) is 21.9. The highest BCUT2D eigenvalue weighted by Gasteiger charge is 2.33. The molecule has 2 aromatic rings. The number of carbonyl (C=O) groups is 1. The number of hydrogen-bond donors (Lipinski definition) is 0. The smallest absolute Gasteiger partial charge is 0.170 e. The van der Waals surface area contributed by atoms with Crippen LogP contribution >= 0.6 is 0 Å². The summed E-state index contributed by atoms with van der Waals surface area (Å²) < 4.78 is 11.0. The first-order valence-electron chi connectivity index (χ1n) is 10.8. The van der Waals surface area contributed by atoms with Gasteiger partial charge in [0.25, 0.3) is 0 Å². The van der Waals surface area contributed by atoms with E-state index in [0.717, 1.165) is 36.0 Å². The van der Waals surface area contributed by atoms with E-state index in [1.54, 1.807) is 14.2 Å². The summed E-state index contributed by atoms with van der Waals surface area (Å²) in [6.45, 7) is 3.79. The maximum atomic E-state index is 13.6. The molecule has 30 heavy (non-hydrogen) atoms. The van der Waals surface area contributed by atoms with Crippen molar-refractivity contribution in [3.63, 3.8) is 0 Å². The van der Waals surface area contributed by atoms with Crippen molar-refractivity contribution in [1.82, 2.24) is 0 Å². The van der Waals surface area contributed by atoms with Crippen LogP contribution in [0.15, 0.2) is 61.2 Å². The SMILES string of the molecule is C=CCCCCCC[C@@H]1C=Cc2cc(OC)c(OC)cc2[C@H]1C(=O)c1ccccc1. The van der Waals surface area contributed by atoms with Gasteiger partial charge in [0.1, 0.15) is 0 Å². The first-order valence-corrected chi connectivity index (χ1v) is 10.8. The molecule has 0 spiro atoms. The number of rotatable bonds is 11. The zero-order chi connectivity index (χ0) is 21.3. The Hall–Kier alpha value is -2.81. The third-order valence-corrected chi connectivity index (χ3v) is 5.91. The van der Waals surface area contributed by atoms with Crippen LogP contribution in [0.5, 0.6) is 11.5 Å². The van der Waals surface area contributed by atoms with E-state index in [1.807, 2.05) is 48.5 Å². The number of fused-ring (bicyclic) bond motifs is 1. The average Bonchev–Trinajstić information content (AvgIpc) is 2.80. The van der Waals surface area contributed by atoms with Gasteiger partial charge in [0.05, 0.1) is 20.1 Å². The summed E-state index contributed by atoms with van der Waals surface area (Å²) in [6.07, 6.45) is 13.1. The minimum absolute atomic E-state index is 0.171. The van der Waals surface area contributed by atoms with Gasteiger partial charge in [-0.25, -0.2) is 0 Å². The fraction of sp³-hybridized carbons (Fsp3) is 0.370. The fourth-order valence-corrected chi connectivity index (χ4v) is 4.30. The van der Waals surface area contributed by atoms with Crippen LogP contribution in [0.2, 0.25) is 0 Å². The lowest BCUT2D eigenvalue weighted by molar-refractivity contribution is 0.0936. The molecular formula is C27H32O3. The number of ketones is 1. The number of carbonyl (C=O) groups excluding carboxylic acids is 1. The molecular weight excluding hydrogens is 372 g/mol. The van der Waals surface area contributed by atoms with Crippen LogP contribution in [-0.4, -0.2) is 20.0 Å². The highest BCUT2D eigenvalue weighted by atomic mass is 16.5. The second kappa shape index (κ2) is 10.8. The third-order valence-electron chi connectivity index (χ3n) is 5.91. The summed E-state index contributed by atoms with van der Waals surface area (Å²) in [4.78, 5) is 13.6. The molecule has 0 saturated heterocycles. The summed E-state index contributed by atoms with van der Waals surface area (Å²) in [7, 11) is 3.27. The molecule has 0 amide bonds. The van der Waals surface area contributed by atoms with Crippen molar-refractivity contribution < 1.29 is 14.3 Å². The molecule has 1 aliphatic rings. The lowest BCUT2D eigenvalue weighted by Crippen LogP contribution is -2.24. The van der Waals surface area contributed by atoms with Crippen LogP contribution in [-0.2, 0) is 0 Å². The maximum absolute atomic E-state index is 13.6. The van der Waals surface area contributed by atoms with Crippen LogP contribution < -0.4 is 9.47 Å². The van der Waals surface area contributed by atoms with Crippen molar-refractivity contribution in [2.75, 3.05) is 14.2 Å². The summed E-state index contributed by atoms with van der Waals surface area (Å²) in [5, 5.41) is 0. The van der Waals surface area contributed by atoms with E-state index in [-0.39, 0.29) is 17.6 Å². The van der Waals surface area contributed by atoms with Gasteiger partial charge in [-0.1, -0.05) is 67.8 Å². The van der Waals surface area contributed by atoms with Crippen molar-refractivity contribution >= 4 is 11.9 Å². The predicted molar refractivity (Wildman–Crippen MR) is 123 cm³/mol. The lowest BCUT2D eigenvalue weighted by atomic mass is 9.73. The minimum atomic E-state index is -0.208. The molecule has 0 radical (unpaired) electrons. The number of unbranched alkanes of at least 4 members (excludes halogenated alkanes) is 4. The Kier molecular flexibility index (Phi) is 7.89. The Morgan fingerprint density at radius 3 is 2.40 bits per heavy atom. The summed E-state index contributed by atoms with van der Waals surface area (Å²) >= 11 is 0. The second-order valence-electron chi connectivity index (χ2n) is 7.85. The van der Waals surface area contributed by atoms with Gasteiger partial charge in [-0.3, -0.25) is 4.79 Å². The monoisotopic (exact) mass is 404 g/mol. The largest absolute Gasteiger partial charge is 0.493 e. The van der Waals surface area contributed by atoms with E-state index in [1.165, 1.54) is 19.3 Å². The molecule has 2 atom stereocenters. The predicted octanol–water partition coefficient (Wildman–Crippen LogP) is 6.84. The summed E-state index contributed by atoms with van der Waals surface area (Å²) in [6, 6.07) is 13.6. The average molecular weight is 405 g/mol. The minimum Gasteiger partial charge on any atom is -0.493 e. The highest BCUT2D eigenvalue weighted by molar-refractivity contribution is 6.02. The Balaban J connectivity index is 1.88. The van der Waals surface area contributed by atoms with E-state index < -0.39 is 0 Å². The molecule has 0 saturated carbocycles. The van der Waals surface area contributed by atoms with Crippen molar-refractivity contribution in [2.45, 2.75) is 44.4 Å². The molecule has 158 valence electrons. The summed E-state index contributed by atoms with van der Waals surface area (Å²) in [5.41, 5.74) is 2.82. The number of ether oxygens (including phenoxy) is 2. The van der Waals surface area contributed by atoms with Gasteiger partial charge in [0, 0.05) is 5.56 Å². The number of allylic oxidation sites excluding steroid dienone is 2. The molecule has 3 heteroatoms. The number of benzene rings is 2. The van der Waals surface area contributed by atoms with E-state index in [0.29, 0.717) is 11.5 Å². The van der Waals surface area contributed by atoms with Crippen LogP contribution in [0.1, 0.15) is 65.9 Å². The lowest BCUT2D eigenvalue weighted by Gasteiger charge is -2.30. The first-order chi connectivity index (χ1) is 14.7. The highest BCUT2D eigenvalue weighted by Crippen LogP contribution is 2.43. The number of Topliss-reactive ketones (excluding diaryl/α,β-unsaturated/α-hetero) is 1. The number of methoxy groups -OCH3 is 2. The molecule has 0 bridgehead atoms. The Bertz CT molecular complexity index is 882.